The van der Waals surface area contributed by atoms with Gasteiger partial charge in [0.25, 0.3) is 5.91 Å². The second kappa shape index (κ2) is 29.1. The van der Waals surface area contributed by atoms with E-state index in [9.17, 15) is 57.8 Å². The minimum absolute atomic E-state index is 0.0545. The number of benzene rings is 1. The molecule has 0 bridgehead atoms. The summed E-state index contributed by atoms with van der Waals surface area (Å²) in [5, 5.41) is 20.1. The lowest BCUT2D eigenvalue weighted by Crippen LogP contribution is -2.62. The maximum Gasteiger partial charge on any atom is 0.329 e. The SMILES string of the molecule is CC[C@H](C)[C@H]1NC(=O)[C@@H](NC(=O)[C@@H](CC(C)C)N(C)C(=O)[C@@H]2CCCN2C(=O)C(C)=O)[C@@H](C)OC(=O)[C@H](Cc2ccc(OC)cc2)N(C)C(=O)[C@@H]2CCCN2C(=O)[C@H](CC(C)C)NC(=O)C(C)C(=O)[C@H](C(C)C)OC(=O)C[C@@H]1O. The third kappa shape index (κ3) is 16.8. The van der Waals surface area contributed by atoms with Crippen molar-refractivity contribution in [3.05, 3.63) is 29.8 Å². The smallest absolute Gasteiger partial charge is 0.329 e. The van der Waals surface area contributed by atoms with Gasteiger partial charge in [-0.05, 0) is 93.7 Å². The van der Waals surface area contributed by atoms with Gasteiger partial charge in [0.2, 0.25) is 41.2 Å². The molecule has 0 aromatic heterocycles. The van der Waals surface area contributed by atoms with Crippen LogP contribution in [-0.4, -0.2) is 184 Å². The number of ketones is 2. The molecule has 1 aromatic rings. The van der Waals surface area contributed by atoms with Gasteiger partial charge in [-0.15, -0.1) is 0 Å². The van der Waals surface area contributed by atoms with Crippen molar-refractivity contribution in [3.63, 3.8) is 0 Å². The molecule has 3 saturated heterocycles. The van der Waals surface area contributed by atoms with Gasteiger partial charge in [0.05, 0.1) is 31.6 Å². The zero-order valence-corrected chi connectivity index (χ0v) is 48.7. The van der Waals surface area contributed by atoms with Crippen LogP contribution in [0.2, 0.25) is 0 Å². The molecule has 1 aromatic carbocycles. The van der Waals surface area contributed by atoms with Crippen molar-refractivity contribution in [2.24, 2.45) is 29.6 Å². The highest BCUT2D eigenvalue weighted by Crippen LogP contribution is 2.27. The molecule has 79 heavy (non-hydrogen) atoms. The van der Waals surface area contributed by atoms with Crippen LogP contribution in [0.25, 0.3) is 0 Å². The number of hydrogen-bond acceptors (Lipinski definition) is 15. The van der Waals surface area contributed by atoms with E-state index in [-0.39, 0.29) is 57.0 Å². The maximum atomic E-state index is 15.0. The number of aliphatic hydroxyl groups excluding tert-OH is 1. The molecule has 0 aliphatic carbocycles. The van der Waals surface area contributed by atoms with E-state index >= 15 is 0 Å². The average molecular weight is 1110 g/mol. The predicted octanol–water partition coefficient (Wildman–Crippen LogP) is 2.52. The van der Waals surface area contributed by atoms with Gasteiger partial charge in [0, 0.05) is 40.5 Å². The Bertz CT molecular complexity index is 2380. The number of aliphatic hydroxyl groups is 1. The normalized spacial score (nSPS) is 27.2. The minimum Gasteiger partial charge on any atom is -0.497 e. The topological polar surface area (TPSA) is 285 Å². The van der Waals surface area contributed by atoms with Crippen molar-refractivity contribution in [1.29, 1.82) is 0 Å². The average Bonchev–Trinajstić information content (AvgIpc) is 4.13. The monoisotopic (exact) mass is 1110 g/mol. The van der Waals surface area contributed by atoms with E-state index in [4.69, 9.17) is 14.2 Å². The highest BCUT2D eigenvalue weighted by molar-refractivity contribution is 6.35. The van der Waals surface area contributed by atoms with Crippen molar-refractivity contribution in [1.82, 2.24) is 35.6 Å². The molecular formula is C57H87N7O15. The fraction of sp³-hybridized carbons (Fsp3) is 0.702. The Kier molecular flexibility index (Phi) is 24.0. The Morgan fingerprint density at radius 2 is 1.49 bits per heavy atom. The van der Waals surface area contributed by atoms with Crippen molar-refractivity contribution in [2.75, 3.05) is 34.3 Å². The molecule has 440 valence electrons. The third-order valence-electron chi connectivity index (χ3n) is 15.4. The van der Waals surface area contributed by atoms with E-state index in [0.29, 0.717) is 30.6 Å². The molecule has 4 rings (SSSR count). The first-order valence-corrected chi connectivity index (χ1v) is 27.9. The number of carbonyl (C=O) groups excluding carboxylic acids is 11. The van der Waals surface area contributed by atoms with Gasteiger partial charge in [0.1, 0.15) is 48.1 Å². The number of hydrogen-bond donors (Lipinski definition) is 4. The van der Waals surface area contributed by atoms with Crippen molar-refractivity contribution < 1.29 is 72.1 Å². The van der Waals surface area contributed by atoms with Crippen LogP contribution in [0.1, 0.15) is 133 Å². The van der Waals surface area contributed by atoms with Crippen LogP contribution in [0, 0.1) is 29.6 Å². The molecule has 3 fully saturated rings. The number of likely N-dealkylation sites (N-methyl/N-ethyl adjacent to an activating group) is 2. The standard InChI is InChI=1S/C57H87N7O15/c1-15-33(8)46-44(66)29-45(67)79-49(32(6)7)48(68)34(9)50(69)58-39(26-30(2)3)54(73)64-25-17-19-41(64)56(75)62(13)43(28-37-20-22-38(77-14)23-21-37)57(76)78-36(11)47(52(71)59-46)60-51(70)42(27-31(4)5)61(12)55(74)40-18-16-24-63(40)53(72)35(10)65/h20-23,30-34,36,39-44,46-47,49,66H,15-19,24-29H2,1-14H3,(H,58,69)(H,59,71)(H,60,70)/t33-,34?,36+,39-,40-,41-,42+,43-,44-,46+,47-,49-/m0/s1. The first-order chi connectivity index (χ1) is 37.0. The van der Waals surface area contributed by atoms with Crippen molar-refractivity contribution in [2.45, 2.75) is 195 Å². The number of ether oxygens (including phenoxy) is 3. The van der Waals surface area contributed by atoms with E-state index < -0.39 is 150 Å². The van der Waals surface area contributed by atoms with Gasteiger partial charge >= 0.3 is 11.9 Å². The summed E-state index contributed by atoms with van der Waals surface area (Å²) in [5.74, 6) is -11.3. The lowest BCUT2D eigenvalue weighted by Gasteiger charge is -2.36. The maximum absolute atomic E-state index is 15.0. The van der Waals surface area contributed by atoms with Crippen LogP contribution >= 0.6 is 0 Å². The summed E-state index contributed by atoms with van der Waals surface area (Å²) in [6, 6.07) is -2.32. The quantitative estimate of drug-likeness (QED) is 0.112. The molecule has 1 unspecified atom stereocenters. The summed E-state index contributed by atoms with van der Waals surface area (Å²) in [5.41, 5.74) is 0.566. The molecule has 3 aliphatic rings. The molecule has 0 spiro atoms. The molecule has 4 N–H and O–H groups in total. The molecule has 7 amide bonds. The molecule has 12 atom stereocenters. The summed E-state index contributed by atoms with van der Waals surface area (Å²) >= 11 is 0. The Hall–Kier alpha value is -6.45. The molecule has 3 aliphatic heterocycles. The van der Waals surface area contributed by atoms with Gasteiger partial charge < -0.3 is 54.9 Å². The first kappa shape index (κ1) is 65.1. The van der Waals surface area contributed by atoms with E-state index in [1.807, 2.05) is 27.7 Å². The summed E-state index contributed by atoms with van der Waals surface area (Å²) in [6.07, 6.45) is -3.76. The zero-order valence-electron chi connectivity index (χ0n) is 48.7. The molecule has 0 saturated carbocycles. The van der Waals surface area contributed by atoms with Crippen molar-refractivity contribution >= 4 is 64.9 Å². The molecule has 3 heterocycles. The van der Waals surface area contributed by atoms with Crippen molar-refractivity contribution in [3.8, 4) is 5.75 Å². The first-order valence-electron chi connectivity index (χ1n) is 27.9. The number of carbonyl (C=O) groups is 11. The van der Waals surface area contributed by atoms with Gasteiger partial charge in [-0.2, -0.15) is 0 Å². The Labute approximate surface area is 465 Å². The third-order valence-corrected chi connectivity index (χ3v) is 15.4. The molecule has 22 heteroatoms. The van der Waals surface area contributed by atoms with Crippen LogP contribution in [0.15, 0.2) is 24.3 Å². The second-order valence-corrected chi connectivity index (χ2v) is 22.8. The molecular weight excluding hydrogens is 1020 g/mol. The number of likely N-dealkylation sites (tertiary alicyclic amines) is 1. The number of nitrogens with one attached hydrogen (secondary N) is 3. The summed E-state index contributed by atoms with van der Waals surface area (Å²) < 4.78 is 17.2. The van der Waals surface area contributed by atoms with E-state index in [1.54, 1.807) is 52.0 Å². The Morgan fingerprint density at radius 1 is 0.861 bits per heavy atom. The number of cyclic esters (lactones) is 2. The van der Waals surface area contributed by atoms with Crippen LogP contribution in [0.4, 0.5) is 0 Å². The summed E-state index contributed by atoms with van der Waals surface area (Å²) in [4.78, 5) is 160. The lowest BCUT2D eigenvalue weighted by molar-refractivity contribution is -0.163. The number of amides is 7. The van der Waals surface area contributed by atoms with Gasteiger partial charge in [-0.3, -0.25) is 47.9 Å². The van der Waals surface area contributed by atoms with Gasteiger partial charge in [0.15, 0.2) is 11.9 Å². The Balaban J connectivity index is 1.89. The highest BCUT2D eigenvalue weighted by atomic mass is 16.6. The summed E-state index contributed by atoms with van der Waals surface area (Å²) in [7, 11) is 4.26. The van der Waals surface area contributed by atoms with Gasteiger partial charge in [-0.25, -0.2) is 4.79 Å². The number of rotatable bonds is 15. The number of nitrogens with zero attached hydrogens (tertiary/aromatic N) is 4. The van der Waals surface area contributed by atoms with E-state index in [0.717, 1.165) is 6.92 Å². The van der Waals surface area contributed by atoms with Crippen LogP contribution < -0.4 is 20.7 Å². The summed E-state index contributed by atoms with van der Waals surface area (Å²) in [6.45, 7) is 18.1. The van der Waals surface area contributed by atoms with Crippen LogP contribution in [-0.2, 0) is 68.6 Å². The molecule has 22 nitrogen and oxygen atoms in total. The second-order valence-electron chi connectivity index (χ2n) is 22.8. The lowest BCUT2D eigenvalue weighted by atomic mass is 9.91. The van der Waals surface area contributed by atoms with E-state index in [2.05, 4.69) is 16.0 Å². The number of esters is 2. The number of methoxy groups -OCH3 is 1. The molecule has 0 radical (unpaired) electrons. The van der Waals surface area contributed by atoms with E-state index in [1.165, 1.54) is 54.7 Å². The fourth-order valence-electron chi connectivity index (χ4n) is 10.5. The number of Topliss-reactive ketones (excluding diaryl/α,β-unsaturated/α-hetero) is 2. The van der Waals surface area contributed by atoms with Crippen LogP contribution in [0.3, 0.4) is 0 Å². The fourth-order valence-corrected chi connectivity index (χ4v) is 10.5. The number of fused-ring (bicyclic) bond motifs is 1. The largest absolute Gasteiger partial charge is 0.497 e. The predicted molar refractivity (Wildman–Crippen MR) is 289 cm³/mol. The highest BCUT2D eigenvalue weighted by Gasteiger charge is 2.46. The Morgan fingerprint density at radius 3 is 2.06 bits per heavy atom. The van der Waals surface area contributed by atoms with Gasteiger partial charge in [-0.1, -0.05) is 73.9 Å². The minimum atomic E-state index is -1.78. The van der Waals surface area contributed by atoms with Crippen LogP contribution in [0.5, 0.6) is 5.75 Å². The zero-order chi connectivity index (χ0) is 59.3.